The third-order valence-electron chi connectivity index (χ3n) is 5.72. The van der Waals surface area contributed by atoms with Crippen LogP contribution in [0.5, 0.6) is 17.4 Å². The van der Waals surface area contributed by atoms with E-state index in [1.165, 1.54) is 6.07 Å². The Bertz CT molecular complexity index is 1350. The number of rotatable bonds is 2. The molecule has 0 saturated heterocycles. The molecule has 2 aromatic carbocycles. The highest BCUT2D eigenvalue weighted by molar-refractivity contribution is 6.33. The molecule has 2 aliphatic rings. The molecule has 0 aliphatic carbocycles. The molecule has 0 spiro atoms. The van der Waals surface area contributed by atoms with Crippen LogP contribution in [0.15, 0.2) is 48.5 Å². The highest BCUT2D eigenvalue weighted by atomic mass is 35.5. The number of halogens is 2. The number of ether oxygens (including phenoxy) is 3. The van der Waals surface area contributed by atoms with Crippen molar-refractivity contribution in [2.24, 2.45) is 0 Å². The lowest BCUT2D eigenvalue weighted by molar-refractivity contribution is 0.152. The van der Waals surface area contributed by atoms with Gasteiger partial charge in [-0.05, 0) is 36.8 Å². The van der Waals surface area contributed by atoms with Gasteiger partial charge < -0.3 is 19.5 Å². The first-order valence-electron chi connectivity index (χ1n) is 10.5. The van der Waals surface area contributed by atoms with Gasteiger partial charge in [-0.2, -0.15) is 0 Å². The van der Waals surface area contributed by atoms with E-state index in [0.717, 1.165) is 11.3 Å². The Morgan fingerprint density at radius 3 is 2.84 bits per heavy atom. The van der Waals surface area contributed by atoms with E-state index in [2.05, 4.69) is 12.2 Å². The predicted molar refractivity (Wildman–Crippen MR) is 120 cm³/mol. The molecule has 1 atom stereocenters. The minimum Gasteiger partial charge on any atom is -0.486 e. The number of nitrogens with zero attached hydrogens (tertiary/aromatic N) is 2. The van der Waals surface area contributed by atoms with Crippen molar-refractivity contribution < 1.29 is 18.6 Å². The van der Waals surface area contributed by atoms with Crippen molar-refractivity contribution in [2.75, 3.05) is 18.5 Å². The zero-order valence-electron chi connectivity index (χ0n) is 17.2. The molecule has 0 saturated carbocycles. The number of hydrogen-bond donors (Lipinski definition) is 1. The SMILES string of the molecule is CCC1Oc2cccc3nc(-c4c(F)cccc4Cl)c(n23)Nc2cc3c(c1c2)OCCO3. The topological polar surface area (TPSA) is 57.0 Å². The summed E-state index contributed by atoms with van der Waals surface area (Å²) in [6, 6.07) is 14.0. The molecule has 32 heavy (non-hydrogen) atoms. The van der Waals surface area contributed by atoms with Crippen LogP contribution in [0.3, 0.4) is 0 Å². The van der Waals surface area contributed by atoms with Gasteiger partial charge in [-0.15, -0.1) is 0 Å². The normalized spacial score (nSPS) is 16.5. The number of fused-ring (bicyclic) bond motifs is 4. The monoisotopic (exact) mass is 451 g/mol. The standard InChI is InChI=1S/C24H19ClFN3O3/c1-2-17-14-11-13(12-18-23(14)31-10-9-30-18)27-24-22(21-15(25)5-3-6-16(21)26)28-19-7-4-8-20(32-17)29(19)24/h3-8,11-12,17,27H,2,9-10H2,1H3. The van der Waals surface area contributed by atoms with Crippen molar-refractivity contribution in [1.82, 2.24) is 9.38 Å². The Hall–Kier alpha value is -3.45. The van der Waals surface area contributed by atoms with Crippen LogP contribution in [0, 0.1) is 5.82 Å². The maximum atomic E-state index is 14.9. The molecular weight excluding hydrogens is 433 g/mol. The third kappa shape index (κ3) is 2.88. The molecular formula is C24H19ClFN3O3. The van der Waals surface area contributed by atoms with Gasteiger partial charge in [-0.3, -0.25) is 0 Å². The van der Waals surface area contributed by atoms with E-state index in [-0.39, 0.29) is 16.7 Å². The van der Waals surface area contributed by atoms with Crippen molar-refractivity contribution >= 4 is 28.8 Å². The van der Waals surface area contributed by atoms with Crippen LogP contribution in [0.25, 0.3) is 16.9 Å². The number of anilines is 2. The fourth-order valence-corrected chi connectivity index (χ4v) is 4.56. The van der Waals surface area contributed by atoms with Crippen LogP contribution in [0.4, 0.5) is 15.9 Å². The van der Waals surface area contributed by atoms with E-state index in [1.807, 2.05) is 34.7 Å². The molecule has 0 amide bonds. The van der Waals surface area contributed by atoms with E-state index in [1.54, 1.807) is 12.1 Å². The molecule has 2 aliphatic heterocycles. The molecule has 2 aromatic heterocycles. The lowest BCUT2D eigenvalue weighted by Gasteiger charge is -2.25. The fraction of sp³-hybridized carbons (Fsp3) is 0.208. The molecule has 162 valence electrons. The van der Waals surface area contributed by atoms with Gasteiger partial charge in [0.15, 0.2) is 11.5 Å². The summed E-state index contributed by atoms with van der Waals surface area (Å²) in [6.45, 7) is 3.01. The second kappa shape index (κ2) is 7.31. The van der Waals surface area contributed by atoms with Crippen molar-refractivity contribution in [3.05, 3.63) is 64.9 Å². The molecule has 1 unspecified atom stereocenters. The van der Waals surface area contributed by atoms with Crippen LogP contribution < -0.4 is 19.5 Å². The van der Waals surface area contributed by atoms with E-state index in [9.17, 15) is 4.39 Å². The van der Waals surface area contributed by atoms with Gasteiger partial charge in [-0.25, -0.2) is 13.8 Å². The maximum absolute atomic E-state index is 14.9. The number of aromatic nitrogens is 2. The molecule has 8 heteroatoms. The number of benzene rings is 2. The van der Waals surface area contributed by atoms with Crippen molar-refractivity contribution in [1.29, 1.82) is 0 Å². The summed E-state index contributed by atoms with van der Waals surface area (Å²) in [5.74, 6) is 2.03. The van der Waals surface area contributed by atoms with Gasteiger partial charge in [0.1, 0.15) is 42.3 Å². The summed E-state index contributed by atoms with van der Waals surface area (Å²) >= 11 is 6.41. The Morgan fingerprint density at radius 1 is 1.16 bits per heavy atom. The van der Waals surface area contributed by atoms with Crippen LogP contribution in [0.2, 0.25) is 5.02 Å². The summed E-state index contributed by atoms with van der Waals surface area (Å²) in [5, 5.41) is 3.71. The number of hydrogen-bond acceptors (Lipinski definition) is 5. The molecule has 0 radical (unpaired) electrons. The third-order valence-corrected chi connectivity index (χ3v) is 6.04. The molecule has 4 heterocycles. The summed E-state index contributed by atoms with van der Waals surface area (Å²) in [7, 11) is 0. The zero-order chi connectivity index (χ0) is 21.8. The van der Waals surface area contributed by atoms with Gasteiger partial charge in [0, 0.05) is 17.3 Å². The molecule has 6 nitrogen and oxygen atoms in total. The first kappa shape index (κ1) is 19.3. The molecule has 1 N–H and O–H groups in total. The highest BCUT2D eigenvalue weighted by Crippen LogP contribution is 2.46. The van der Waals surface area contributed by atoms with Crippen LogP contribution in [-0.4, -0.2) is 22.6 Å². The van der Waals surface area contributed by atoms with E-state index < -0.39 is 5.82 Å². The van der Waals surface area contributed by atoms with Crippen molar-refractivity contribution in [3.63, 3.8) is 0 Å². The van der Waals surface area contributed by atoms with E-state index in [4.69, 9.17) is 30.8 Å². The van der Waals surface area contributed by atoms with E-state index in [0.29, 0.717) is 54.2 Å². The van der Waals surface area contributed by atoms with Gasteiger partial charge in [0.05, 0.1) is 10.6 Å². The van der Waals surface area contributed by atoms with Gasteiger partial charge in [-0.1, -0.05) is 30.7 Å². The Kier molecular flexibility index (Phi) is 4.40. The maximum Gasteiger partial charge on any atom is 0.201 e. The number of pyridine rings is 1. The first-order valence-corrected chi connectivity index (χ1v) is 10.8. The number of nitrogens with one attached hydrogen (secondary N) is 1. The Balaban J connectivity index is 1.65. The highest BCUT2D eigenvalue weighted by Gasteiger charge is 2.29. The lowest BCUT2D eigenvalue weighted by Crippen LogP contribution is -2.19. The first-order chi connectivity index (χ1) is 15.6. The number of imidazole rings is 1. The Labute approximate surface area is 188 Å². The van der Waals surface area contributed by atoms with E-state index >= 15 is 0 Å². The average Bonchev–Trinajstić information content (AvgIpc) is 3.17. The minimum absolute atomic E-state index is 0.232. The zero-order valence-corrected chi connectivity index (χ0v) is 17.9. The van der Waals surface area contributed by atoms with Crippen molar-refractivity contribution in [2.45, 2.75) is 19.4 Å². The molecule has 2 bridgehead atoms. The van der Waals surface area contributed by atoms with Crippen LogP contribution in [-0.2, 0) is 0 Å². The van der Waals surface area contributed by atoms with Gasteiger partial charge in [0.2, 0.25) is 5.88 Å². The largest absolute Gasteiger partial charge is 0.486 e. The Morgan fingerprint density at radius 2 is 2.00 bits per heavy atom. The summed E-state index contributed by atoms with van der Waals surface area (Å²) in [5.41, 5.74) is 2.90. The summed E-state index contributed by atoms with van der Waals surface area (Å²) < 4.78 is 35.0. The fourth-order valence-electron chi connectivity index (χ4n) is 4.31. The van der Waals surface area contributed by atoms with Gasteiger partial charge in [0.25, 0.3) is 0 Å². The van der Waals surface area contributed by atoms with Gasteiger partial charge >= 0.3 is 0 Å². The second-order valence-electron chi connectivity index (χ2n) is 7.69. The lowest BCUT2D eigenvalue weighted by atomic mass is 10.0. The molecule has 6 rings (SSSR count). The molecule has 0 fully saturated rings. The summed E-state index contributed by atoms with van der Waals surface area (Å²) in [4.78, 5) is 4.71. The van der Waals surface area contributed by atoms with Crippen LogP contribution in [0.1, 0.15) is 25.0 Å². The van der Waals surface area contributed by atoms with Crippen LogP contribution >= 0.6 is 11.6 Å². The summed E-state index contributed by atoms with van der Waals surface area (Å²) in [6.07, 6.45) is 0.442. The predicted octanol–water partition coefficient (Wildman–Crippen LogP) is 6.15. The smallest absolute Gasteiger partial charge is 0.201 e. The average molecular weight is 452 g/mol. The quantitative estimate of drug-likeness (QED) is 0.396. The minimum atomic E-state index is -0.449. The second-order valence-corrected chi connectivity index (χ2v) is 8.10. The molecule has 4 aromatic rings. The van der Waals surface area contributed by atoms with Crippen molar-refractivity contribution in [3.8, 4) is 28.6 Å².